The number of hydrogen-bond acceptors (Lipinski definition) is 3. The molecule has 0 bridgehead atoms. The lowest BCUT2D eigenvalue weighted by Crippen LogP contribution is -2.11. The summed E-state index contributed by atoms with van der Waals surface area (Å²) >= 11 is 1.87. The Kier molecular flexibility index (Phi) is 7.39. The topological polar surface area (TPSA) is 16.4 Å². The number of nitrogens with zero attached hydrogens (tertiary/aromatic N) is 1. The zero-order valence-corrected chi connectivity index (χ0v) is 30.6. The number of furan rings is 1. The molecule has 9 aromatic carbocycles. The molecule has 0 atom stereocenters. The predicted molar refractivity (Wildman–Crippen MR) is 235 cm³/mol. The molecule has 0 aliphatic carbocycles. The first-order valence-electron chi connectivity index (χ1n) is 18.7. The molecule has 2 aromatic heterocycles. The summed E-state index contributed by atoms with van der Waals surface area (Å²) < 4.78 is 8.89. The van der Waals surface area contributed by atoms with Crippen LogP contribution in [0.1, 0.15) is 0 Å². The molecule has 2 nitrogen and oxygen atoms in total. The Morgan fingerprint density at radius 2 is 1.02 bits per heavy atom. The van der Waals surface area contributed by atoms with E-state index in [1.165, 1.54) is 53.2 Å². The molecule has 0 saturated heterocycles. The van der Waals surface area contributed by atoms with E-state index in [2.05, 4.69) is 193 Å². The maximum Gasteiger partial charge on any atom is 0.136 e. The first kappa shape index (κ1) is 31.6. The van der Waals surface area contributed by atoms with E-state index < -0.39 is 0 Å². The lowest BCUT2D eigenvalue weighted by atomic mass is 9.95. The summed E-state index contributed by atoms with van der Waals surface area (Å²) in [4.78, 5) is 2.41. The van der Waals surface area contributed by atoms with Crippen molar-refractivity contribution in [3.05, 3.63) is 200 Å². The Balaban J connectivity index is 1.08. The van der Waals surface area contributed by atoms with E-state index in [1.807, 2.05) is 23.5 Å². The fourth-order valence-corrected chi connectivity index (χ4v) is 9.52. The van der Waals surface area contributed by atoms with Crippen LogP contribution in [0.15, 0.2) is 205 Å². The second kappa shape index (κ2) is 12.9. The highest BCUT2D eigenvalue weighted by Gasteiger charge is 2.20. The van der Waals surface area contributed by atoms with Crippen LogP contribution in [0, 0.1) is 0 Å². The molecule has 11 aromatic rings. The molecular weight excluding hydrogens is 687 g/mol. The van der Waals surface area contributed by atoms with E-state index in [0.29, 0.717) is 0 Å². The van der Waals surface area contributed by atoms with Gasteiger partial charge in [0.15, 0.2) is 0 Å². The third-order valence-corrected chi connectivity index (χ3v) is 12.1. The van der Waals surface area contributed by atoms with E-state index in [9.17, 15) is 0 Å². The summed E-state index contributed by atoms with van der Waals surface area (Å²) in [6.45, 7) is 0. The number of thiophene rings is 1. The van der Waals surface area contributed by atoms with Gasteiger partial charge in [-0.05, 0) is 93.2 Å². The highest BCUT2D eigenvalue weighted by Crippen LogP contribution is 2.45. The Morgan fingerprint density at radius 1 is 0.364 bits per heavy atom. The van der Waals surface area contributed by atoms with Crippen molar-refractivity contribution >= 4 is 81.3 Å². The molecule has 0 N–H and O–H groups in total. The standard InChI is InChI=1S/C52H33NOS/c1-2-16-40-35(12-1)13-10-21-42(40)43-17-3-6-23-48(43)53(38-29-26-34(27-30-38)36-28-31-45-44-18-4-7-24-49(44)54-50(45)33-36)39-15-9-14-37(32-39)41-20-11-22-47-46-19-5-8-25-51(46)55-52(41)47/h1-33H. The quantitative estimate of drug-likeness (QED) is 0.170. The number of rotatable bonds is 6. The molecule has 55 heavy (non-hydrogen) atoms. The van der Waals surface area contributed by atoms with Crippen molar-refractivity contribution in [2.75, 3.05) is 4.90 Å². The van der Waals surface area contributed by atoms with Gasteiger partial charge >= 0.3 is 0 Å². The van der Waals surface area contributed by atoms with Crippen molar-refractivity contribution in [3.8, 4) is 33.4 Å². The van der Waals surface area contributed by atoms with Gasteiger partial charge in [0.1, 0.15) is 11.2 Å². The van der Waals surface area contributed by atoms with Gasteiger partial charge in [0.25, 0.3) is 0 Å². The molecule has 0 unspecified atom stereocenters. The Hall–Kier alpha value is -6.94. The summed E-state index contributed by atoms with van der Waals surface area (Å²) in [6, 6.07) is 72.3. The van der Waals surface area contributed by atoms with E-state index in [4.69, 9.17) is 4.42 Å². The maximum atomic E-state index is 6.26. The van der Waals surface area contributed by atoms with E-state index >= 15 is 0 Å². The normalized spacial score (nSPS) is 11.6. The fourth-order valence-electron chi connectivity index (χ4n) is 8.28. The van der Waals surface area contributed by atoms with E-state index in [1.54, 1.807) is 0 Å². The van der Waals surface area contributed by atoms with Gasteiger partial charge in [-0.3, -0.25) is 0 Å². The van der Waals surface area contributed by atoms with Gasteiger partial charge in [0.05, 0.1) is 5.69 Å². The highest BCUT2D eigenvalue weighted by atomic mass is 32.1. The van der Waals surface area contributed by atoms with Crippen molar-refractivity contribution < 1.29 is 4.42 Å². The van der Waals surface area contributed by atoms with Gasteiger partial charge in [0.2, 0.25) is 0 Å². The summed E-state index contributed by atoms with van der Waals surface area (Å²) in [5.41, 5.74) is 12.2. The average Bonchev–Trinajstić information content (AvgIpc) is 3.82. The van der Waals surface area contributed by atoms with Crippen molar-refractivity contribution in [1.82, 2.24) is 0 Å². The zero-order chi connectivity index (χ0) is 36.3. The Morgan fingerprint density at radius 3 is 1.95 bits per heavy atom. The summed E-state index contributed by atoms with van der Waals surface area (Å²) in [6.07, 6.45) is 0. The molecule has 0 saturated carbocycles. The first-order valence-corrected chi connectivity index (χ1v) is 19.5. The van der Waals surface area contributed by atoms with Crippen molar-refractivity contribution in [1.29, 1.82) is 0 Å². The van der Waals surface area contributed by atoms with Crippen LogP contribution >= 0.6 is 11.3 Å². The Labute approximate surface area is 322 Å². The minimum absolute atomic E-state index is 0.902. The zero-order valence-electron chi connectivity index (χ0n) is 29.8. The largest absolute Gasteiger partial charge is 0.456 e. The molecule has 11 rings (SSSR count). The second-order valence-electron chi connectivity index (χ2n) is 14.1. The molecule has 0 amide bonds. The Bertz CT molecular complexity index is 3220. The lowest BCUT2D eigenvalue weighted by molar-refractivity contribution is 0.669. The molecule has 0 radical (unpaired) electrons. The maximum absolute atomic E-state index is 6.26. The minimum atomic E-state index is 0.902. The van der Waals surface area contributed by atoms with Crippen LogP contribution in [0.25, 0.3) is 86.3 Å². The summed E-state index contributed by atoms with van der Waals surface area (Å²) in [7, 11) is 0. The molecule has 258 valence electrons. The number of fused-ring (bicyclic) bond motifs is 7. The van der Waals surface area contributed by atoms with Crippen molar-refractivity contribution in [2.24, 2.45) is 0 Å². The number of para-hydroxylation sites is 2. The van der Waals surface area contributed by atoms with Crippen LogP contribution in [0.2, 0.25) is 0 Å². The third-order valence-electron chi connectivity index (χ3n) is 10.9. The third kappa shape index (κ3) is 5.32. The molecular formula is C52H33NOS. The monoisotopic (exact) mass is 719 g/mol. The van der Waals surface area contributed by atoms with Crippen LogP contribution in [0.3, 0.4) is 0 Å². The molecule has 3 heteroatoms. The van der Waals surface area contributed by atoms with E-state index in [0.717, 1.165) is 50.1 Å². The fraction of sp³-hybridized carbons (Fsp3) is 0. The van der Waals surface area contributed by atoms with Crippen LogP contribution in [-0.4, -0.2) is 0 Å². The highest BCUT2D eigenvalue weighted by molar-refractivity contribution is 7.26. The summed E-state index contributed by atoms with van der Waals surface area (Å²) in [5.74, 6) is 0. The van der Waals surface area contributed by atoms with Crippen molar-refractivity contribution in [2.45, 2.75) is 0 Å². The molecule has 0 spiro atoms. The van der Waals surface area contributed by atoms with E-state index in [-0.39, 0.29) is 0 Å². The van der Waals surface area contributed by atoms with Gasteiger partial charge in [-0.15, -0.1) is 11.3 Å². The number of anilines is 3. The lowest BCUT2D eigenvalue weighted by Gasteiger charge is -2.29. The number of hydrogen-bond donors (Lipinski definition) is 0. The smallest absolute Gasteiger partial charge is 0.136 e. The molecule has 0 aliphatic heterocycles. The van der Waals surface area contributed by atoms with Gasteiger partial charge in [-0.25, -0.2) is 0 Å². The molecule has 0 aliphatic rings. The minimum Gasteiger partial charge on any atom is -0.456 e. The SMILES string of the molecule is c1cc(-c2cccc3c2sc2ccccc23)cc(N(c2ccc(-c3ccc4c(c3)oc3ccccc34)cc2)c2ccccc2-c2cccc3ccccc23)c1. The van der Waals surface area contributed by atoms with Crippen molar-refractivity contribution in [3.63, 3.8) is 0 Å². The van der Waals surface area contributed by atoms with Crippen LogP contribution in [-0.2, 0) is 0 Å². The van der Waals surface area contributed by atoms with Gasteiger partial charge < -0.3 is 9.32 Å². The van der Waals surface area contributed by atoms with Gasteiger partial charge in [0, 0.05) is 47.9 Å². The van der Waals surface area contributed by atoms with Gasteiger partial charge in [-0.1, -0.05) is 146 Å². The van der Waals surface area contributed by atoms with Crippen LogP contribution in [0.4, 0.5) is 17.1 Å². The first-order chi connectivity index (χ1) is 27.3. The predicted octanol–water partition coefficient (Wildman–Crippen LogP) is 15.6. The summed E-state index contributed by atoms with van der Waals surface area (Å²) in [5, 5.41) is 7.36. The van der Waals surface area contributed by atoms with Gasteiger partial charge in [-0.2, -0.15) is 0 Å². The van der Waals surface area contributed by atoms with Crippen LogP contribution in [0.5, 0.6) is 0 Å². The van der Waals surface area contributed by atoms with Crippen LogP contribution < -0.4 is 4.90 Å². The average molecular weight is 720 g/mol. The molecule has 2 heterocycles. The number of benzene rings is 9. The second-order valence-corrected chi connectivity index (χ2v) is 15.1. The molecule has 0 fully saturated rings.